The number of benzene rings is 1. The average molecular weight is 199 g/mol. The van der Waals surface area contributed by atoms with E-state index in [2.05, 4.69) is 5.32 Å². The van der Waals surface area contributed by atoms with E-state index in [0.717, 1.165) is 10.5 Å². The molecule has 0 aliphatic carbocycles. The summed E-state index contributed by atoms with van der Waals surface area (Å²) in [7, 11) is 1.75. The highest BCUT2D eigenvalue weighted by atomic mass is 32.2. The molecule has 0 aromatic heterocycles. The highest BCUT2D eigenvalue weighted by molar-refractivity contribution is 7.98. The molecule has 0 aliphatic heterocycles. The van der Waals surface area contributed by atoms with Crippen LogP contribution in [0.15, 0.2) is 29.2 Å². The smallest absolute Gasteiger partial charge is 0.138 e. The molecule has 1 aromatic rings. The number of halogens is 1. The lowest BCUT2D eigenvalue weighted by atomic mass is 10.1. The van der Waals surface area contributed by atoms with Crippen molar-refractivity contribution < 1.29 is 4.39 Å². The van der Waals surface area contributed by atoms with Crippen molar-refractivity contribution in [3.63, 3.8) is 0 Å². The normalized spacial score (nSPS) is 12.8. The quantitative estimate of drug-likeness (QED) is 0.748. The predicted octanol–water partition coefficient (Wildman–Crippen LogP) is 2.64. The summed E-state index contributed by atoms with van der Waals surface area (Å²) >= 11 is 1.63. The Bertz CT molecular complexity index is 265. The van der Waals surface area contributed by atoms with Gasteiger partial charge in [-0.1, -0.05) is 12.1 Å². The summed E-state index contributed by atoms with van der Waals surface area (Å²) in [6, 6.07) is 7.60. The van der Waals surface area contributed by atoms with E-state index < -0.39 is 6.17 Å². The Morgan fingerprint density at radius 2 is 2.31 bits per heavy atom. The molecule has 0 fully saturated rings. The van der Waals surface area contributed by atoms with Gasteiger partial charge in [0.1, 0.15) is 6.17 Å². The Balaban J connectivity index is 2.75. The van der Waals surface area contributed by atoms with Gasteiger partial charge in [-0.3, -0.25) is 0 Å². The third kappa shape index (κ3) is 3.01. The second-order valence-corrected chi connectivity index (χ2v) is 3.68. The van der Waals surface area contributed by atoms with Crippen molar-refractivity contribution >= 4 is 11.8 Å². The van der Waals surface area contributed by atoms with Gasteiger partial charge in [0, 0.05) is 11.4 Å². The highest BCUT2D eigenvalue weighted by Gasteiger charge is 2.07. The van der Waals surface area contributed by atoms with Gasteiger partial charge >= 0.3 is 0 Å². The number of rotatable bonds is 4. The summed E-state index contributed by atoms with van der Waals surface area (Å²) in [6.07, 6.45) is 1.09. The molecule has 0 aliphatic rings. The summed E-state index contributed by atoms with van der Waals surface area (Å²) in [4.78, 5) is 1.11. The monoisotopic (exact) mass is 199 g/mol. The van der Waals surface area contributed by atoms with Crippen molar-refractivity contribution in [3.05, 3.63) is 29.8 Å². The van der Waals surface area contributed by atoms with Crippen LogP contribution in [0.3, 0.4) is 0 Å². The minimum Gasteiger partial charge on any atom is -0.317 e. The molecule has 1 unspecified atom stereocenters. The Labute approximate surface area is 82.7 Å². The van der Waals surface area contributed by atoms with E-state index in [-0.39, 0.29) is 0 Å². The SMILES string of the molecule is CNCC(F)c1cccc(SC)c1. The molecule has 0 spiro atoms. The van der Waals surface area contributed by atoms with Crippen molar-refractivity contribution in [3.8, 4) is 0 Å². The second kappa shape index (κ2) is 5.25. The van der Waals surface area contributed by atoms with Crippen molar-refractivity contribution in [1.82, 2.24) is 5.32 Å². The lowest BCUT2D eigenvalue weighted by Crippen LogP contribution is -2.13. The highest BCUT2D eigenvalue weighted by Crippen LogP contribution is 2.22. The molecule has 1 rings (SSSR count). The van der Waals surface area contributed by atoms with E-state index in [1.165, 1.54) is 0 Å². The number of likely N-dealkylation sites (N-methyl/N-ethyl adjacent to an activating group) is 1. The maximum atomic E-state index is 13.4. The zero-order valence-electron chi connectivity index (χ0n) is 7.88. The molecular formula is C10H14FNS. The predicted molar refractivity (Wildman–Crippen MR) is 56.0 cm³/mol. The first kappa shape index (κ1) is 10.5. The van der Waals surface area contributed by atoms with Gasteiger partial charge in [-0.2, -0.15) is 0 Å². The van der Waals surface area contributed by atoms with E-state index in [1.807, 2.05) is 30.5 Å². The van der Waals surface area contributed by atoms with Gasteiger partial charge in [0.15, 0.2) is 0 Å². The van der Waals surface area contributed by atoms with Crippen molar-refractivity contribution in [1.29, 1.82) is 0 Å². The molecule has 1 atom stereocenters. The van der Waals surface area contributed by atoms with Crippen LogP contribution in [0.5, 0.6) is 0 Å². The summed E-state index contributed by atoms with van der Waals surface area (Å²) in [5.74, 6) is 0. The van der Waals surface area contributed by atoms with Crippen LogP contribution in [0, 0.1) is 0 Å². The molecule has 0 radical (unpaired) electrons. The minimum atomic E-state index is -0.905. The Hall–Kier alpha value is -0.540. The van der Waals surface area contributed by atoms with E-state index >= 15 is 0 Å². The van der Waals surface area contributed by atoms with Crippen LogP contribution in [0.1, 0.15) is 11.7 Å². The standard InChI is InChI=1S/C10H14FNS/c1-12-7-10(11)8-4-3-5-9(6-8)13-2/h3-6,10,12H,7H2,1-2H3. The third-order valence-corrected chi connectivity index (χ3v) is 2.56. The lowest BCUT2D eigenvalue weighted by molar-refractivity contribution is 0.335. The number of alkyl halides is 1. The van der Waals surface area contributed by atoms with Gasteiger partial charge in [-0.25, -0.2) is 4.39 Å². The van der Waals surface area contributed by atoms with E-state index in [1.54, 1.807) is 18.8 Å². The second-order valence-electron chi connectivity index (χ2n) is 2.80. The molecule has 1 N–H and O–H groups in total. The molecule has 0 bridgehead atoms. The molecule has 1 nitrogen and oxygen atoms in total. The first-order valence-electron chi connectivity index (χ1n) is 4.20. The summed E-state index contributed by atoms with van der Waals surface area (Å²) in [5.41, 5.74) is 0.751. The van der Waals surface area contributed by atoms with Gasteiger partial charge in [0.25, 0.3) is 0 Å². The summed E-state index contributed by atoms with van der Waals surface area (Å²) < 4.78 is 13.4. The number of nitrogens with one attached hydrogen (secondary N) is 1. The lowest BCUT2D eigenvalue weighted by Gasteiger charge is -2.08. The van der Waals surface area contributed by atoms with Crippen LogP contribution >= 0.6 is 11.8 Å². The van der Waals surface area contributed by atoms with Crippen molar-refractivity contribution in [2.75, 3.05) is 19.8 Å². The van der Waals surface area contributed by atoms with Crippen molar-refractivity contribution in [2.45, 2.75) is 11.1 Å². The van der Waals surface area contributed by atoms with Crippen LogP contribution in [0.4, 0.5) is 4.39 Å². The molecular weight excluding hydrogens is 185 g/mol. The summed E-state index contributed by atoms with van der Waals surface area (Å²) in [5, 5.41) is 2.82. The average Bonchev–Trinajstić information content (AvgIpc) is 2.18. The van der Waals surface area contributed by atoms with Crippen LogP contribution < -0.4 is 5.32 Å². The number of thioether (sulfide) groups is 1. The van der Waals surface area contributed by atoms with E-state index in [0.29, 0.717) is 6.54 Å². The topological polar surface area (TPSA) is 12.0 Å². The van der Waals surface area contributed by atoms with Gasteiger partial charge in [0.2, 0.25) is 0 Å². The largest absolute Gasteiger partial charge is 0.317 e. The molecule has 0 amide bonds. The zero-order valence-corrected chi connectivity index (χ0v) is 8.70. The first-order chi connectivity index (χ1) is 6.27. The van der Waals surface area contributed by atoms with E-state index in [9.17, 15) is 4.39 Å². The molecule has 0 saturated carbocycles. The fraction of sp³-hybridized carbons (Fsp3) is 0.400. The van der Waals surface area contributed by atoms with Gasteiger partial charge < -0.3 is 5.32 Å². The van der Waals surface area contributed by atoms with Crippen LogP contribution in [0.25, 0.3) is 0 Å². The first-order valence-corrected chi connectivity index (χ1v) is 5.43. The van der Waals surface area contributed by atoms with Crippen LogP contribution in [-0.2, 0) is 0 Å². The molecule has 3 heteroatoms. The fourth-order valence-corrected chi connectivity index (χ4v) is 1.60. The van der Waals surface area contributed by atoms with Crippen LogP contribution in [0.2, 0.25) is 0 Å². The molecule has 0 heterocycles. The molecule has 72 valence electrons. The molecule has 13 heavy (non-hydrogen) atoms. The molecule has 0 saturated heterocycles. The summed E-state index contributed by atoms with van der Waals surface area (Å²) in [6.45, 7) is 0.373. The Morgan fingerprint density at radius 3 is 2.92 bits per heavy atom. The molecule has 1 aromatic carbocycles. The van der Waals surface area contributed by atoms with Gasteiger partial charge in [0.05, 0.1) is 0 Å². The zero-order chi connectivity index (χ0) is 9.68. The van der Waals surface area contributed by atoms with Crippen molar-refractivity contribution in [2.24, 2.45) is 0 Å². The van der Waals surface area contributed by atoms with Gasteiger partial charge in [-0.05, 0) is 31.0 Å². The minimum absolute atomic E-state index is 0.373. The Kier molecular flexibility index (Phi) is 4.25. The Morgan fingerprint density at radius 1 is 1.54 bits per heavy atom. The van der Waals surface area contributed by atoms with Gasteiger partial charge in [-0.15, -0.1) is 11.8 Å². The number of hydrogen-bond donors (Lipinski definition) is 1. The maximum absolute atomic E-state index is 13.4. The van der Waals surface area contributed by atoms with Crippen LogP contribution in [-0.4, -0.2) is 19.8 Å². The maximum Gasteiger partial charge on any atom is 0.138 e. The number of hydrogen-bond acceptors (Lipinski definition) is 2. The third-order valence-electron chi connectivity index (χ3n) is 1.84. The van der Waals surface area contributed by atoms with E-state index in [4.69, 9.17) is 0 Å². The fourth-order valence-electron chi connectivity index (χ4n) is 1.13.